The molecule has 1 atom stereocenters. The van der Waals surface area contributed by atoms with Crippen LogP contribution in [0.2, 0.25) is 0 Å². The van der Waals surface area contributed by atoms with E-state index < -0.39 is 28.9 Å². The summed E-state index contributed by atoms with van der Waals surface area (Å²) < 4.78 is 5.28. The van der Waals surface area contributed by atoms with E-state index >= 15 is 0 Å². The molecule has 4 aromatic carbocycles. The van der Waals surface area contributed by atoms with E-state index in [-0.39, 0.29) is 33.7 Å². The van der Waals surface area contributed by atoms with E-state index in [4.69, 9.17) is 4.74 Å². The van der Waals surface area contributed by atoms with Crippen LogP contribution in [0.4, 0.5) is 16.4 Å². The van der Waals surface area contributed by atoms with E-state index in [9.17, 15) is 24.0 Å². The molecule has 10 nitrogen and oxygen atoms in total. The van der Waals surface area contributed by atoms with Gasteiger partial charge in [-0.05, 0) is 79.9 Å². The van der Waals surface area contributed by atoms with Gasteiger partial charge in [0.2, 0.25) is 5.91 Å². The predicted molar refractivity (Wildman–Crippen MR) is 211 cm³/mol. The Morgan fingerprint density at radius 2 is 1.40 bits per heavy atom. The Balaban J connectivity index is 1.32. The molecule has 1 unspecified atom stereocenters. The molecular weight excluding hydrogens is 709 g/mol. The van der Waals surface area contributed by atoms with Crippen molar-refractivity contribution >= 4 is 75.1 Å². The number of carbonyl (C=O) groups excluding carboxylic acids is 5. The van der Waals surface area contributed by atoms with Gasteiger partial charge in [-0.1, -0.05) is 79.7 Å². The Labute approximate surface area is 316 Å². The lowest BCUT2D eigenvalue weighted by atomic mass is 10.1. The Morgan fingerprint density at radius 3 is 2.06 bits per heavy atom. The minimum Gasteiger partial charge on any atom is -0.462 e. The molecule has 0 bridgehead atoms. The number of anilines is 3. The van der Waals surface area contributed by atoms with Crippen LogP contribution >= 0.6 is 23.1 Å². The van der Waals surface area contributed by atoms with Crippen molar-refractivity contribution in [2.24, 2.45) is 0 Å². The Kier molecular flexibility index (Phi) is 13.3. The van der Waals surface area contributed by atoms with Crippen LogP contribution in [-0.4, -0.2) is 41.5 Å². The maximum atomic E-state index is 13.7. The molecule has 1 heterocycles. The number of esters is 1. The molecule has 0 spiro atoms. The monoisotopic (exact) mass is 746 g/mol. The van der Waals surface area contributed by atoms with Gasteiger partial charge in [-0.25, -0.2) is 4.79 Å². The van der Waals surface area contributed by atoms with Crippen molar-refractivity contribution in [3.8, 4) is 0 Å². The van der Waals surface area contributed by atoms with Gasteiger partial charge in [-0.3, -0.25) is 19.2 Å². The number of thioether (sulfide) groups is 1. The summed E-state index contributed by atoms with van der Waals surface area (Å²) in [5.41, 5.74) is 2.76. The fourth-order valence-electron chi connectivity index (χ4n) is 5.16. The van der Waals surface area contributed by atoms with Crippen LogP contribution in [0.3, 0.4) is 0 Å². The average Bonchev–Trinajstić information content (AvgIpc) is 3.50. The van der Waals surface area contributed by atoms with Crippen molar-refractivity contribution in [2.75, 3.05) is 22.6 Å². The molecular formula is C41H38N4O6S2. The molecule has 1 aromatic heterocycles. The summed E-state index contributed by atoms with van der Waals surface area (Å²) >= 11 is 2.29. The molecule has 0 aliphatic rings. The molecule has 0 fully saturated rings. The molecule has 4 amide bonds. The number of rotatable bonds is 14. The number of carbonyl (C=O) groups is 5. The zero-order valence-corrected chi connectivity index (χ0v) is 30.9. The highest BCUT2D eigenvalue weighted by Gasteiger charge is 2.29. The molecule has 5 rings (SSSR count). The van der Waals surface area contributed by atoms with Crippen LogP contribution in [0.1, 0.15) is 61.8 Å². The zero-order chi connectivity index (χ0) is 37.7. The van der Waals surface area contributed by atoms with Crippen LogP contribution in [0, 0.1) is 6.92 Å². The van der Waals surface area contributed by atoms with E-state index in [1.807, 2.05) is 49.4 Å². The van der Waals surface area contributed by atoms with Gasteiger partial charge in [0, 0.05) is 21.8 Å². The summed E-state index contributed by atoms with van der Waals surface area (Å²) in [5, 5.41) is 10.9. The van der Waals surface area contributed by atoms with Gasteiger partial charge in [-0.2, -0.15) is 0 Å². The zero-order valence-electron chi connectivity index (χ0n) is 29.3. The Hall–Kier alpha value is -5.98. The number of hydrogen-bond acceptors (Lipinski definition) is 8. The second-order valence-corrected chi connectivity index (χ2v) is 13.9. The molecule has 0 aliphatic heterocycles. The highest BCUT2D eigenvalue weighted by atomic mass is 32.2. The van der Waals surface area contributed by atoms with Crippen molar-refractivity contribution in [1.29, 1.82) is 0 Å². The van der Waals surface area contributed by atoms with E-state index in [1.165, 1.54) is 11.8 Å². The SMILES string of the molecule is CCOC(=O)c1c(NC(=O)C(CC)Sc2cccc(NC(=O)/C(=C/c3ccccc3)NC(=O)c3ccccc3)c2)sc(C(=O)Nc2ccccc2)c1C. The molecule has 0 aliphatic carbocycles. The number of ether oxygens (including phenoxy) is 1. The number of nitrogens with one attached hydrogen (secondary N) is 4. The van der Waals surface area contributed by atoms with Gasteiger partial charge in [0.1, 0.15) is 10.7 Å². The van der Waals surface area contributed by atoms with Gasteiger partial charge in [-0.15, -0.1) is 23.1 Å². The first-order chi connectivity index (χ1) is 25.7. The lowest BCUT2D eigenvalue weighted by Crippen LogP contribution is -2.30. The third kappa shape index (κ3) is 10.3. The van der Waals surface area contributed by atoms with Crippen molar-refractivity contribution < 1.29 is 28.7 Å². The third-order valence-corrected chi connectivity index (χ3v) is 10.3. The molecule has 0 radical (unpaired) electrons. The van der Waals surface area contributed by atoms with Gasteiger partial charge >= 0.3 is 5.97 Å². The lowest BCUT2D eigenvalue weighted by Gasteiger charge is -2.16. The summed E-state index contributed by atoms with van der Waals surface area (Å²) in [6.45, 7) is 5.32. The first kappa shape index (κ1) is 38.3. The van der Waals surface area contributed by atoms with E-state index in [0.717, 1.165) is 16.9 Å². The number of para-hydroxylation sites is 1. The highest BCUT2D eigenvalue weighted by molar-refractivity contribution is 8.00. The number of amides is 4. The van der Waals surface area contributed by atoms with E-state index in [0.29, 0.717) is 33.8 Å². The third-order valence-electron chi connectivity index (χ3n) is 7.77. The first-order valence-electron chi connectivity index (χ1n) is 16.9. The molecule has 12 heteroatoms. The molecule has 5 aromatic rings. The smallest absolute Gasteiger partial charge is 0.341 e. The minimum absolute atomic E-state index is 0.0504. The van der Waals surface area contributed by atoms with Crippen LogP contribution in [0.5, 0.6) is 0 Å². The van der Waals surface area contributed by atoms with Crippen molar-refractivity contribution in [3.05, 3.63) is 148 Å². The molecule has 4 N–H and O–H groups in total. The van der Waals surface area contributed by atoms with Crippen LogP contribution in [0.25, 0.3) is 6.08 Å². The Bertz CT molecular complexity index is 2120. The second-order valence-electron chi connectivity index (χ2n) is 11.6. The quantitative estimate of drug-likeness (QED) is 0.0508. The maximum Gasteiger partial charge on any atom is 0.341 e. The molecule has 270 valence electrons. The summed E-state index contributed by atoms with van der Waals surface area (Å²) in [5.74, 6) is -2.38. The molecule has 0 saturated heterocycles. The largest absolute Gasteiger partial charge is 0.462 e. The van der Waals surface area contributed by atoms with Gasteiger partial charge in [0.25, 0.3) is 17.7 Å². The van der Waals surface area contributed by atoms with Crippen molar-refractivity contribution in [1.82, 2.24) is 5.32 Å². The Morgan fingerprint density at radius 1 is 0.755 bits per heavy atom. The topological polar surface area (TPSA) is 143 Å². The summed E-state index contributed by atoms with van der Waals surface area (Å²) in [6, 6.07) is 33.7. The maximum absolute atomic E-state index is 13.7. The molecule has 53 heavy (non-hydrogen) atoms. The summed E-state index contributed by atoms with van der Waals surface area (Å²) in [7, 11) is 0. The van der Waals surface area contributed by atoms with E-state index in [1.54, 1.807) is 92.7 Å². The minimum atomic E-state index is -0.639. The summed E-state index contributed by atoms with van der Waals surface area (Å²) in [6.07, 6.45) is 2.03. The van der Waals surface area contributed by atoms with Gasteiger partial charge < -0.3 is 26.0 Å². The van der Waals surface area contributed by atoms with Crippen molar-refractivity contribution in [3.63, 3.8) is 0 Å². The number of hydrogen-bond donors (Lipinski definition) is 4. The van der Waals surface area contributed by atoms with E-state index in [2.05, 4.69) is 21.3 Å². The second kappa shape index (κ2) is 18.5. The highest BCUT2D eigenvalue weighted by Crippen LogP contribution is 2.36. The average molecular weight is 747 g/mol. The molecule has 0 saturated carbocycles. The van der Waals surface area contributed by atoms with Crippen molar-refractivity contribution in [2.45, 2.75) is 37.3 Å². The predicted octanol–water partition coefficient (Wildman–Crippen LogP) is 8.40. The first-order valence-corrected chi connectivity index (χ1v) is 18.5. The standard InChI is InChI=1S/C41H38N4O6S2/c1-4-33(38(48)45-40-34(41(50)51-5-2)26(3)35(53-40)39(49)42-29-20-13-8-14-21-29)52-31-23-15-22-30(25-31)43-37(47)32(24-27-16-9-6-10-17-27)44-36(46)28-18-11-7-12-19-28/h6-25,33H,4-5H2,1-3H3,(H,42,49)(H,43,47)(H,44,46)(H,45,48)/b32-24-. The number of benzene rings is 4. The number of thiophene rings is 1. The van der Waals surface area contributed by atoms with Crippen LogP contribution in [-0.2, 0) is 14.3 Å². The fourth-order valence-corrected chi connectivity index (χ4v) is 7.27. The van der Waals surface area contributed by atoms with Crippen LogP contribution < -0.4 is 21.3 Å². The van der Waals surface area contributed by atoms with Gasteiger partial charge in [0.15, 0.2) is 0 Å². The van der Waals surface area contributed by atoms with Crippen LogP contribution in [0.15, 0.2) is 126 Å². The lowest BCUT2D eigenvalue weighted by molar-refractivity contribution is -0.116. The van der Waals surface area contributed by atoms with Gasteiger partial charge in [0.05, 0.1) is 22.3 Å². The fraction of sp³-hybridized carbons (Fsp3) is 0.146. The normalized spacial score (nSPS) is 11.6. The summed E-state index contributed by atoms with van der Waals surface area (Å²) in [4.78, 5) is 67.5.